The van der Waals surface area contributed by atoms with E-state index in [9.17, 15) is 9.59 Å². The molecule has 0 saturated carbocycles. The minimum atomic E-state index is -1.06. The average Bonchev–Trinajstić information content (AvgIpc) is 2.88. The number of anilines is 3. The fraction of sp³-hybridized carbons (Fsp3) is 0.346. The van der Waals surface area contributed by atoms with Gasteiger partial charge < -0.3 is 31.1 Å². The average molecular weight is 506 g/mol. The third-order valence-electron chi connectivity index (χ3n) is 6.16. The normalized spacial score (nSPS) is 15.4. The maximum absolute atomic E-state index is 12.2. The van der Waals surface area contributed by atoms with Crippen molar-refractivity contribution in [3.8, 4) is 17.0 Å². The Kier molecular flexibility index (Phi) is 7.71. The molecule has 2 amide bonds. The van der Waals surface area contributed by atoms with Crippen LogP contribution in [0.1, 0.15) is 48.7 Å². The van der Waals surface area contributed by atoms with Crippen molar-refractivity contribution >= 4 is 29.5 Å². The second kappa shape index (κ2) is 11.1. The molecule has 0 spiro atoms. The summed E-state index contributed by atoms with van der Waals surface area (Å²) in [7, 11) is 1.62. The van der Waals surface area contributed by atoms with E-state index in [4.69, 9.17) is 20.6 Å². The number of ether oxygens (including phenoxy) is 1. The van der Waals surface area contributed by atoms with E-state index >= 15 is 0 Å². The molecule has 1 atom stereocenters. The number of nitrogens with zero attached hydrogens (tertiary/aromatic N) is 4. The number of carboxylic acid groups (broad SMARTS) is 1. The third-order valence-corrected chi connectivity index (χ3v) is 6.16. The highest BCUT2D eigenvalue weighted by molar-refractivity contribution is 5.98. The molecule has 1 saturated heterocycles. The van der Waals surface area contributed by atoms with E-state index in [2.05, 4.69) is 34.4 Å². The Morgan fingerprint density at radius 1 is 1.19 bits per heavy atom. The van der Waals surface area contributed by atoms with E-state index in [1.807, 2.05) is 41.3 Å². The zero-order valence-corrected chi connectivity index (χ0v) is 21.1. The van der Waals surface area contributed by atoms with Gasteiger partial charge in [0.05, 0.1) is 12.8 Å². The number of carbonyl (C=O) groups excluding carboxylic acids is 1. The summed E-state index contributed by atoms with van der Waals surface area (Å²) < 4.78 is 5.26. The van der Waals surface area contributed by atoms with E-state index in [0.29, 0.717) is 24.7 Å². The number of piperidine rings is 1. The van der Waals surface area contributed by atoms with Crippen LogP contribution < -0.4 is 26.0 Å². The van der Waals surface area contributed by atoms with Gasteiger partial charge in [-0.1, -0.05) is 13.8 Å². The number of hydrogen-bond donors (Lipinski definition) is 4. The van der Waals surface area contributed by atoms with Crippen LogP contribution in [0.15, 0.2) is 42.6 Å². The third kappa shape index (κ3) is 6.24. The standard InChI is InChI=1S/C26H31N7O4/c1-15(2)21-11-18(12-22(31-21)16-6-8-19(37-3)9-7-16)29-24-20(23(27)34)13-28-25(32-24)33-10-4-5-17(14-33)30-26(35)36/h6-9,11-13,15,17,30H,4-5,10,14H2,1-3H3,(H2,27,34)(H,35,36)(H,28,29,31,32). The lowest BCUT2D eigenvalue weighted by molar-refractivity contribution is 0.100. The summed E-state index contributed by atoms with van der Waals surface area (Å²) in [5.41, 5.74) is 9.00. The van der Waals surface area contributed by atoms with Crippen molar-refractivity contribution < 1.29 is 19.4 Å². The lowest BCUT2D eigenvalue weighted by Crippen LogP contribution is -2.48. The molecule has 11 nitrogen and oxygen atoms in total. The van der Waals surface area contributed by atoms with E-state index in [0.717, 1.165) is 35.5 Å². The molecule has 3 aromatic rings. The molecule has 1 aliphatic rings. The predicted octanol–water partition coefficient (Wildman–Crippen LogP) is 3.75. The molecule has 1 aliphatic heterocycles. The molecule has 37 heavy (non-hydrogen) atoms. The number of primary amides is 1. The molecule has 194 valence electrons. The van der Waals surface area contributed by atoms with Crippen molar-refractivity contribution in [1.29, 1.82) is 0 Å². The second-order valence-electron chi connectivity index (χ2n) is 9.21. The molecule has 3 heterocycles. The van der Waals surface area contributed by atoms with Gasteiger partial charge in [-0.25, -0.2) is 9.78 Å². The van der Waals surface area contributed by atoms with Gasteiger partial charge in [-0.15, -0.1) is 0 Å². The van der Waals surface area contributed by atoms with Crippen LogP contribution in [-0.4, -0.2) is 58.3 Å². The Labute approximate surface area is 215 Å². The van der Waals surface area contributed by atoms with Gasteiger partial charge in [0, 0.05) is 42.3 Å². The van der Waals surface area contributed by atoms with Crippen LogP contribution in [0.5, 0.6) is 5.75 Å². The van der Waals surface area contributed by atoms with Crippen LogP contribution in [0.2, 0.25) is 0 Å². The van der Waals surface area contributed by atoms with E-state index in [-0.39, 0.29) is 23.3 Å². The first-order valence-electron chi connectivity index (χ1n) is 12.1. The van der Waals surface area contributed by atoms with Gasteiger partial charge in [-0.2, -0.15) is 4.98 Å². The molecule has 1 unspecified atom stereocenters. The van der Waals surface area contributed by atoms with Crippen LogP contribution in [0.4, 0.5) is 22.2 Å². The van der Waals surface area contributed by atoms with Gasteiger partial charge in [0.1, 0.15) is 17.1 Å². The predicted molar refractivity (Wildman–Crippen MR) is 141 cm³/mol. The first-order valence-corrected chi connectivity index (χ1v) is 12.1. The Morgan fingerprint density at radius 2 is 1.95 bits per heavy atom. The molecular weight excluding hydrogens is 474 g/mol. The Balaban J connectivity index is 1.68. The monoisotopic (exact) mass is 505 g/mol. The van der Waals surface area contributed by atoms with Crippen LogP contribution >= 0.6 is 0 Å². The smallest absolute Gasteiger partial charge is 0.404 e. The van der Waals surface area contributed by atoms with Crippen molar-refractivity contribution in [2.24, 2.45) is 5.73 Å². The Bertz CT molecular complexity index is 1280. The zero-order chi connectivity index (χ0) is 26.5. The van der Waals surface area contributed by atoms with E-state index in [1.54, 1.807) is 7.11 Å². The molecule has 1 fully saturated rings. The number of rotatable bonds is 8. The molecule has 0 bridgehead atoms. The van der Waals surface area contributed by atoms with Crippen LogP contribution in [0.3, 0.4) is 0 Å². The number of benzene rings is 1. The Hall–Kier alpha value is -4.41. The lowest BCUT2D eigenvalue weighted by Gasteiger charge is -2.32. The number of carbonyl (C=O) groups is 2. The fourth-order valence-electron chi connectivity index (χ4n) is 4.22. The van der Waals surface area contributed by atoms with Crippen LogP contribution in [0, 0.1) is 0 Å². The number of methoxy groups -OCH3 is 1. The zero-order valence-electron chi connectivity index (χ0n) is 21.1. The van der Waals surface area contributed by atoms with Gasteiger partial charge in [0.2, 0.25) is 5.95 Å². The minimum absolute atomic E-state index is 0.148. The number of pyridine rings is 1. The number of nitrogens with two attached hydrogens (primary N) is 1. The van der Waals surface area contributed by atoms with Crippen molar-refractivity contribution in [3.63, 3.8) is 0 Å². The lowest BCUT2D eigenvalue weighted by atomic mass is 10.1. The maximum atomic E-state index is 12.2. The first-order chi connectivity index (χ1) is 17.7. The SMILES string of the molecule is COc1ccc(-c2cc(Nc3nc(N4CCCC(NC(=O)O)C4)ncc3C(N)=O)cc(C(C)C)n2)cc1. The van der Waals surface area contributed by atoms with Gasteiger partial charge in [0.25, 0.3) is 5.91 Å². The summed E-state index contributed by atoms with van der Waals surface area (Å²) in [5, 5.41) is 14.9. The van der Waals surface area contributed by atoms with Crippen molar-refractivity contribution in [2.45, 2.75) is 38.6 Å². The number of aromatic nitrogens is 3. The summed E-state index contributed by atoms with van der Waals surface area (Å²) >= 11 is 0. The topological polar surface area (TPSA) is 156 Å². The molecule has 2 aromatic heterocycles. The summed E-state index contributed by atoms with van der Waals surface area (Å²) in [5.74, 6) is 0.902. The summed E-state index contributed by atoms with van der Waals surface area (Å²) in [6.07, 6.45) is 1.85. The summed E-state index contributed by atoms with van der Waals surface area (Å²) in [4.78, 5) is 38.9. The maximum Gasteiger partial charge on any atom is 0.404 e. The van der Waals surface area contributed by atoms with Gasteiger partial charge in [-0.05, 0) is 55.2 Å². The Morgan fingerprint density at radius 3 is 2.59 bits per heavy atom. The molecular formula is C26H31N7O4. The molecule has 0 radical (unpaired) electrons. The quantitative estimate of drug-likeness (QED) is 0.358. The second-order valence-corrected chi connectivity index (χ2v) is 9.21. The van der Waals surface area contributed by atoms with Gasteiger partial charge >= 0.3 is 6.09 Å². The number of nitrogens with one attached hydrogen (secondary N) is 2. The molecule has 11 heteroatoms. The molecule has 4 rings (SSSR count). The number of amides is 2. The van der Waals surface area contributed by atoms with Crippen molar-refractivity contribution in [3.05, 3.63) is 53.9 Å². The molecule has 5 N–H and O–H groups in total. The highest BCUT2D eigenvalue weighted by Gasteiger charge is 2.24. The summed E-state index contributed by atoms with van der Waals surface area (Å²) in [6, 6.07) is 11.2. The largest absolute Gasteiger partial charge is 0.497 e. The van der Waals surface area contributed by atoms with Crippen LogP contribution in [-0.2, 0) is 0 Å². The fourth-order valence-corrected chi connectivity index (χ4v) is 4.22. The molecule has 1 aromatic carbocycles. The van der Waals surface area contributed by atoms with Gasteiger partial charge in [0.15, 0.2) is 0 Å². The highest BCUT2D eigenvalue weighted by atomic mass is 16.5. The van der Waals surface area contributed by atoms with Gasteiger partial charge in [-0.3, -0.25) is 9.78 Å². The van der Waals surface area contributed by atoms with Crippen molar-refractivity contribution in [2.75, 3.05) is 30.4 Å². The minimum Gasteiger partial charge on any atom is -0.497 e. The highest BCUT2D eigenvalue weighted by Crippen LogP contribution is 2.29. The summed E-state index contributed by atoms with van der Waals surface area (Å²) in [6.45, 7) is 5.20. The number of hydrogen-bond acceptors (Lipinski definition) is 8. The van der Waals surface area contributed by atoms with E-state index < -0.39 is 12.0 Å². The van der Waals surface area contributed by atoms with Crippen LogP contribution in [0.25, 0.3) is 11.3 Å². The molecule has 0 aliphatic carbocycles. The first kappa shape index (κ1) is 25.7. The van der Waals surface area contributed by atoms with Crippen molar-refractivity contribution in [1.82, 2.24) is 20.3 Å². The van der Waals surface area contributed by atoms with E-state index in [1.165, 1.54) is 6.20 Å².